The molecule has 0 aliphatic carbocycles. The first kappa shape index (κ1) is 15.8. The molecule has 0 aliphatic heterocycles. The number of nitrogens with zero attached hydrogens (tertiary/aromatic N) is 2. The number of rotatable bonds is 4. The quantitative estimate of drug-likeness (QED) is 0.486. The summed E-state index contributed by atoms with van der Waals surface area (Å²) in [5, 5.41) is 11.1. The third kappa shape index (κ3) is 4.72. The van der Waals surface area contributed by atoms with E-state index in [2.05, 4.69) is 4.40 Å². The van der Waals surface area contributed by atoms with Gasteiger partial charge in [-0.3, -0.25) is 10.1 Å². The van der Waals surface area contributed by atoms with E-state index in [1.165, 1.54) is 24.4 Å². The second-order valence-corrected chi connectivity index (χ2v) is 7.23. The van der Waals surface area contributed by atoms with E-state index in [-0.39, 0.29) is 5.69 Å². The van der Waals surface area contributed by atoms with Crippen molar-refractivity contribution < 1.29 is 9.13 Å². The van der Waals surface area contributed by atoms with Gasteiger partial charge in [-0.15, -0.1) is 0 Å². The molecule has 0 spiro atoms. The fourth-order valence-electron chi connectivity index (χ4n) is 1.19. The maximum Gasteiger partial charge on any atom is 0.269 e. The molecule has 7 heteroatoms. The first-order chi connectivity index (χ1) is 8.71. The van der Waals surface area contributed by atoms with Gasteiger partial charge in [0, 0.05) is 29.8 Å². The Hall–Kier alpha value is -1.27. The van der Waals surface area contributed by atoms with Crippen LogP contribution in [0.3, 0.4) is 0 Å². The average Bonchev–Trinajstić information content (AvgIpc) is 2.29. The van der Waals surface area contributed by atoms with Crippen molar-refractivity contribution in [3.8, 4) is 0 Å². The molecule has 0 aliphatic rings. The molecule has 0 fully saturated rings. The summed E-state index contributed by atoms with van der Waals surface area (Å²) in [5.41, 5.74) is 0.565. The zero-order valence-corrected chi connectivity index (χ0v) is 12.5. The molecule has 0 N–H and O–H groups in total. The largest absolute Gasteiger partial charge is 0.269 e. The summed E-state index contributed by atoms with van der Waals surface area (Å²) in [5.74, 6) is 0. The topological polar surface area (TPSA) is 72.6 Å². The van der Waals surface area contributed by atoms with Gasteiger partial charge in [0.2, 0.25) is 0 Å². The van der Waals surface area contributed by atoms with Gasteiger partial charge in [-0.1, -0.05) is 11.6 Å². The van der Waals surface area contributed by atoms with Gasteiger partial charge in [0.15, 0.2) is 0 Å². The summed E-state index contributed by atoms with van der Waals surface area (Å²) in [6.45, 7) is 5.46. The van der Waals surface area contributed by atoms with Crippen LogP contribution in [0, 0.1) is 10.1 Å². The van der Waals surface area contributed by atoms with E-state index in [1.807, 2.05) is 20.8 Å². The summed E-state index contributed by atoms with van der Waals surface area (Å²) in [6.07, 6.45) is 1.79. The molecule has 0 aromatic heterocycles. The van der Waals surface area contributed by atoms with E-state index in [4.69, 9.17) is 11.6 Å². The van der Waals surface area contributed by atoms with Crippen molar-refractivity contribution in [1.82, 2.24) is 0 Å². The van der Waals surface area contributed by atoms with Crippen LogP contribution < -0.4 is 0 Å². The van der Waals surface area contributed by atoms with E-state index in [9.17, 15) is 14.3 Å². The van der Waals surface area contributed by atoms with Crippen LogP contribution in [0.4, 0.5) is 5.69 Å². The number of nitro benzene ring substituents is 1. The smallest absolute Gasteiger partial charge is 0.258 e. The van der Waals surface area contributed by atoms with Crippen LogP contribution in [0.25, 0.3) is 0 Å². The lowest BCUT2D eigenvalue weighted by molar-refractivity contribution is -0.384. The van der Waals surface area contributed by atoms with Gasteiger partial charge in [0.25, 0.3) is 5.69 Å². The van der Waals surface area contributed by atoms with Gasteiger partial charge in [-0.25, -0.2) is 4.21 Å². The molecule has 0 saturated heterocycles. The van der Waals surface area contributed by atoms with Gasteiger partial charge < -0.3 is 0 Å². The minimum Gasteiger partial charge on any atom is -0.258 e. The van der Waals surface area contributed by atoms with Gasteiger partial charge >= 0.3 is 0 Å². The highest BCUT2D eigenvalue weighted by Crippen LogP contribution is 2.22. The first-order valence-electron chi connectivity index (χ1n) is 5.59. The number of non-ortho nitro benzene ring substituents is 1. The summed E-state index contributed by atoms with van der Waals surface area (Å²) < 4.78 is 15.2. The van der Waals surface area contributed by atoms with Crippen molar-refractivity contribution in [3.63, 3.8) is 0 Å². The Morgan fingerprint density at radius 2 is 2.11 bits per heavy atom. The van der Waals surface area contributed by atoms with E-state index in [0.717, 1.165) is 0 Å². The molecule has 19 heavy (non-hydrogen) atoms. The molecule has 0 heterocycles. The third-order valence-electron chi connectivity index (χ3n) is 2.25. The monoisotopic (exact) mass is 302 g/mol. The van der Waals surface area contributed by atoms with Crippen LogP contribution in [0.2, 0.25) is 5.02 Å². The summed E-state index contributed by atoms with van der Waals surface area (Å²) in [7, 11) is -1.34. The average molecular weight is 303 g/mol. The number of hydrogen-bond acceptors (Lipinski definition) is 3. The van der Waals surface area contributed by atoms with Gasteiger partial charge in [-0.2, -0.15) is 4.40 Å². The fourth-order valence-corrected chi connectivity index (χ4v) is 1.91. The van der Waals surface area contributed by atoms with Crippen molar-refractivity contribution in [2.45, 2.75) is 31.9 Å². The van der Waals surface area contributed by atoms with Crippen LogP contribution >= 0.6 is 11.6 Å². The van der Waals surface area contributed by atoms with Crippen LogP contribution in [0.1, 0.15) is 26.3 Å². The Labute approximate surface area is 119 Å². The molecule has 0 amide bonds. The van der Waals surface area contributed by atoms with Crippen LogP contribution in [-0.4, -0.2) is 20.1 Å². The van der Waals surface area contributed by atoms with Crippen LogP contribution in [0.5, 0.6) is 0 Å². The SMILES string of the molecule is CC(C)(C)S(=O)N=CCc1cc([N+](=O)[O-])ccc1Cl. The van der Waals surface area contributed by atoms with Gasteiger partial charge in [0.05, 0.1) is 9.67 Å². The van der Waals surface area contributed by atoms with Crippen molar-refractivity contribution in [1.29, 1.82) is 0 Å². The standard InChI is InChI=1S/C12H15ClN2O3S/c1-12(2,3)19(18)14-7-6-9-8-10(15(16)17)4-5-11(9)13/h4-5,7-8H,6H2,1-3H3. The minimum absolute atomic E-state index is 0.0234. The van der Waals surface area contributed by atoms with Crippen molar-refractivity contribution >= 4 is 34.5 Å². The maximum atomic E-state index is 11.7. The summed E-state index contributed by atoms with van der Waals surface area (Å²) in [6, 6.07) is 4.22. The Balaban J connectivity index is 2.83. The van der Waals surface area contributed by atoms with Crippen LogP contribution in [0.15, 0.2) is 22.6 Å². The highest BCUT2D eigenvalue weighted by atomic mass is 35.5. The molecule has 1 rings (SSSR count). The lowest BCUT2D eigenvalue weighted by atomic mass is 10.1. The van der Waals surface area contributed by atoms with Crippen molar-refractivity contribution in [3.05, 3.63) is 38.9 Å². The summed E-state index contributed by atoms with van der Waals surface area (Å²) in [4.78, 5) is 10.2. The van der Waals surface area contributed by atoms with E-state index < -0.39 is 20.7 Å². The van der Waals surface area contributed by atoms with Gasteiger partial charge in [-0.05, 0) is 32.4 Å². The molecule has 1 aromatic rings. The molecule has 0 saturated carbocycles. The molecule has 5 nitrogen and oxygen atoms in total. The second kappa shape index (κ2) is 6.25. The molecule has 0 bridgehead atoms. The predicted octanol–water partition coefficient (Wildman–Crippen LogP) is 3.32. The zero-order valence-electron chi connectivity index (χ0n) is 10.9. The van der Waals surface area contributed by atoms with E-state index in [0.29, 0.717) is 17.0 Å². The van der Waals surface area contributed by atoms with Gasteiger partial charge in [0.1, 0.15) is 11.0 Å². The van der Waals surface area contributed by atoms with Crippen molar-refractivity contribution in [2.24, 2.45) is 4.40 Å². The van der Waals surface area contributed by atoms with Crippen LogP contribution in [-0.2, 0) is 17.4 Å². The highest BCUT2D eigenvalue weighted by Gasteiger charge is 2.18. The zero-order chi connectivity index (χ0) is 14.6. The highest BCUT2D eigenvalue weighted by molar-refractivity contribution is 7.85. The number of benzene rings is 1. The minimum atomic E-state index is -1.34. The number of nitro groups is 1. The number of halogens is 1. The Bertz CT molecular complexity index is 538. The lowest BCUT2D eigenvalue weighted by Gasteiger charge is -2.12. The molecular formula is C12H15ClN2O3S. The molecule has 0 radical (unpaired) electrons. The molecule has 1 atom stereocenters. The Morgan fingerprint density at radius 3 is 2.63 bits per heavy atom. The predicted molar refractivity (Wildman–Crippen MR) is 78.2 cm³/mol. The fraction of sp³-hybridized carbons (Fsp3) is 0.417. The van der Waals surface area contributed by atoms with Crippen molar-refractivity contribution in [2.75, 3.05) is 0 Å². The third-order valence-corrected chi connectivity index (χ3v) is 4.00. The summed E-state index contributed by atoms with van der Waals surface area (Å²) >= 11 is 5.95. The normalized spacial score (nSPS) is 13.7. The van der Waals surface area contributed by atoms with E-state index in [1.54, 1.807) is 0 Å². The molecular weight excluding hydrogens is 288 g/mol. The second-order valence-electron chi connectivity index (χ2n) is 4.89. The first-order valence-corrected chi connectivity index (χ1v) is 7.07. The molecule has 1 unspecified atom stereocenters. The Morgan fingerprint density at radius 1 is 1.47 bits per heavy atom. The Kier molecular flexibility index (Phi) is 5.20. The molecule has 104 valence electrons. The molecule has 1 aromatic carbocycles. The van der Waals surface area contributed by atoms with E-state index >= 15 is 0 Å². The maximum absolute atomic E-state index is 11.7. The lowest BCUT2D eigenvalue weighted by Crippen LogP contribution is -2.19. The number of hydrogen-bond donors (Lipinski definition) is 0.